The van der Waals surface area contributed by atoms with Crippen LogP contribution in [0.1, 0.15) is 44.1 Å². The Morgan fingerprint density at radius 3 is 2.62 bits per heavy atom. The average Bonchev–Trinajstić information content (AvgIpc) is 2.95. The minimum absolute atomic E-state index is 0.309. The van der Waals surface area contributed by atoms with Crippen molar-refractivity contribution in [1.82, 2.24) is 9.80 Å². The number of benzene rings is 1. The standard InChI is InChI=1S/C20H30N2O2/c23-19(24)9-4-5-12-21-14-11-20(16-21)10-6-13-22(17-20)15-18-7-2-1-3-8-18/h1-3,7-8H,4-6,9-17H2,(H,23,24). The molecule has 2 saturated heterocycles. The van der Waals surface area contributed by atoms with Gasteiger partial charge in [0.05, 0.1) is 0 Å². The number of nitrogens with zero attached hydrogens (tertiary/aromatic N) is 2. The number of carbonyl (C=O) groups is 1. The zero-order valence-corrected chi connectivity index (χ0v) is 14.6. The van der Waals surface area contributed by atoms with Gasteiger partial charge in [-0.15, -0.1) is 0 Å². The third-order valence-corrected chi connectivity index (χ3v) is 5.62. The van der Waals surface area contributed by atoms with Crippen molar-refractivity contribution < 1.29 is 9.90 Å². The second-order valence-corrected chi connectivity index (χ2v) is 7.68. The van der Waals surface area contributed by atoms with E-state index in [-0.39, 0.29) is 0 Å². The summed E-state index contributed by atoms with van der Waals surface area (Å²) in [5.41, 5.74) is 1.89. The molecular weight excluding hydrogens is 300 g/mol. The molecule has 3 rings (SSSR count). The highest BCUT2D eigenvalue weighted by molar-refractivity contribution is 5.66. The van der Waals surface area contributed by atoms with Gasteiger partial charge in [0.15, 0.2) is 0 Å². The quantitative estimate of drug-likeness (QED) is 0.780. The first-order valence-electron chi connectivity index (χ1n) is 9.36. The second-order valence-electron chi connectivity index (χ2n) is 7.68. The fraction of sp³-hybridized carbons (Fsp3) is 0.650. The number of hydrogen-bond donors (Lipinski definition) is 1. The van der Waals surface area contributed by atoms with Crippen molar-refractivity contribution in [3.8, 4) is 0 Å². The number of carboxylic acids is 1. The molecule has 132 valence electrons. The van der Waals surface area contributed by atoms with E-state index in [1.807, 2.05) is 0 Å². The minimum atomic E-state index is -0.670. The van der Waals surface area contributed by atoms with Crippen LogP contribution in [0.25, 0.3) is 0 Å². The molecule has 1 aromatic rings. The Balaban J connectivity index is 1.46. The van der Waals surface area contributed by atoms with Crippen molar-refractivity contribution >= 4 is 5.97 Å². The normalized spacial score (nSPS) is 25.3. The lowest BCUT2D eigenvalue weighted by Gasteiger charge is -2.40. The van der Waals surface area contributed by atoms with Gasteiger partial charge in [0.2, 0.25) is 0 Å². The number of carboxylic acid groups (broad SMARTS) is 1. The van der Waals surface area contributed by atoms with E-state index >= 15 is 0 Å². The summed E-state index contributed by atoms with van der Waals surface area (Å²) < 4.78 is 0. The molecular formula is C20H30N2O2. The van der Waals surface area contributed by atoms with Gasteiger partial charge in [-0.05, 0) is 62.7 Å². The van der Waals surface area contributed by atoms with Gasteiger partial charge in [-0.2, -0.15) is 0 Å². The summed E-state index contributed by atoms with van der Waals surface area (Å²) in [7, 11) is 0. The van der Waals surface area contributed by atoms with Crippen LogP contribution in [-0.4, -0.2) is 53.6 Å². The Morgan fingerprint density at radius 1 is 1.04 bits per heavy atom. The highest BCUT2D eigenvalue weighted by Gasteiger charge is 2.40. The second kappa shape index (κ2) is 8.13. The van der Waals surface area contributed by atoms with Crippen LogP contribution in [-0.2, 0) is 11.3 Å². The van der Waals surface area contributed by atoms with Gasteiger partial charge < -0.3 is 10.0 Å². The summed E-state index contributed by atoms with van der Waals surface area (Å²) in [5, 5.41) is 8.74. The Hall–Kier alpha value is -1.39. The van der Waals surface area contributed by atoms with Crippen molar-refractivity contribution in [1.29, 1.82) is 0 Å². The molecule has 4 nitrogen and oxygen atoms in total. The first-order chi connectivity index (χ1) is 11.7. The minimum Gasteiger partial charge on any atom is -0.481 e. The van der Waals surface area contributed by atoms with E-state index in [0.29, 0.717) is 11.8 Å². The highest BCUT2D eigenvalue weighted by atomic mass is 16.4. The molecule has 0 amide bonds. The lowest BCUT2D eigenvalue weighted by Crippen LogP contribution is -2.44. The smallest absolute Gasteiger partial charge is 0.303 e. The van der Waals surface area contributed by atoms with E-state index in [0.717, 1.165) is 25.9 Å². The van der Waals surface area contributed by atoms with Gasteiger partial charge in [-0.25, -0.2) is 0 Å². The Labute approximate surface area is 145 Å². The summed E-state index contributed by atoms with van der Waals surface area (Å²) >= 11 is 0. The molecule has 1 spiro atoms. The molecule has 0 radical (unpaired) electrons. The predicted molar refractivity (Wildman–Crippen MR) is 95.9 cm³/mol. The zero-order valence-electron chi connectivity index (χ0n) is 14.6. The largest absolute Gasteiger partial charge is 0.481 e. The number of hydrogen-bond acceptors (Lipinski definition) is 3. The maximum atomic E-state index is 10.6. The molecule has 2 fully saturated rings. The van der Waals surface area contributed by atoms with E-state index in [4.69, 9.17) is 5.11 Å². The molecule has 2 aliphatic rings. The number of aliphatic carboxylic acids is 1. The van der Waals surface area contributed by atoms with Crippen LogP contribution in [0, 0.1) is 5.41 Å². The monoisotopic (exact) mass is 330 g/mol. The maximum absolute atomic E-state index is 10.6. The Kier molecular flexibility index (Phi) is 5.90. The third kappa shape index (κ3) is 4.81. The third-order valence-electron chi connectivity index (χ3n) is 5.62. The first-order valence-corrected chi connectivity index (χ1v) is 9.36. The lowest BCUT2D eigenvalue weighted by molar-refractivity contribution is -0.137. The fourth-order valence-corrected chi connectivity index (χ4v) is 4.45. The predicted octanol–water partition coefficient (Wildman–Crippen LogP) is 3.23. The molecule has 0 aromatic heterocycles. The highest BCUT2D eigenvalue weighted by Crippen LogP contribution is 2.39. The molecule has 4 heteroatoms. The van der Waals surface area contributed by atoms with Gasteiger partial charge in [0.25, 0.3) is 0 Å². The van der Waals surface area contributed by atoms with E-state index in [2.05, 4.69) is 40.1 Å². The van der Waals surface area contributed by atoms with Crippen LogP contribution in [0.4, 0.5) is 0 Å². The van der Waals surface area contributed by atoms with E-state index in [9.17, 15) is 4.79 Å². The van der Waals surface area contributed by atoms with Crippen molar-refractivity contribution in [2.75, 3.05) is 32.7 Å². The molecule has 1 unspecified atom stereocenters. The van der Waals surface area contributed by atoms with Crippen LogP contribution in [0.2, 0.25) is 0 Å². The fourth-order valence-electron chi connectivity index (χ4n) is 4.45. The number of rotatable bonds is 7. The van der Waals surface area contributed by atoms with Crippen LogP contribution in [0.5, 0.6) is 0 Å². The van der Waals surface area contributed by atoms with Crippen molar-refractivity contribution in [2.24, 2.45) is 5.41 Å². The van der Waals surface area contributed by atoms with Crippen LogP contribution in [0.15, 0.2) is 30.3 Å². The molecule has 2 heterocycles. The number of likely N-dealkylation sites (tertiary alicyclic amines) is 2. The Morgan fingerprint density at radius 2 is 1.83 bits per heavy atom. The molecule has 0 saturated carbocycles. The first kappa shape index (κ1) is 17.4. The zero-order chi connectivity index (χ0) is 16.8. The van der Waals surface area contributed by atoms with Gasteiger partial charge in [-0.1, -0.05) is 30.3 Å². The molecule has 0 bridgehead atoms. The van der Waals surface area contributed by atoms with Crippen molar-refractivity contribution in [2.45, 2.75) is 45.1 Å². The van der Waals surface area contributed by atoms with Gasteiger partial charge >= 0.3 is 5.97 Å². The summed E-state index contributed by atoms with van der Waals surface area (Å²) in [6.45, 7) is 6.95. The number of unbranched alkanes of at least 4 members (excludes halogenated alkanes) is 1. The molecule has 24 heavy (non-hydrogen) atoms. The summed E-state index contributed by atoms with van der Waals surface area (Å²) in [6.07, 6.45) is 6.08. The van der Waals surface area contributed by atoms with Crippen molar-refractivity contribution in [3.63, 3.8) is 0 Å². The summed E-state index contributed by atoms with van der Waals surface area (Å²) in [4.78, 5) is 15.8. The SMILES string of the molecule is O=C(O)CCCCN1CCC2(CCCN(Cc3ccccc3)C2)C1. The van der Waals surface area contributed by atoms with Crippen LogP contribution in [0.3, 0.4) is 0 Å². The average molecular weight is 330 g/mol. The number of piperidine rings is 1. The van der Waals surface area contributed by atoms with Crippen molar-refractivity contribution in [3.05, 3.63) is 35.9 Å². The molecule has 1 atom stereocenters. The lowest BCUT2D eigenvalue weighted by atomic mass is 9.79. The van der Waals surface area contributed by atoms with E-state index < -0.39 is 5.97 Å². The van der Waals surface area contributed by atoms with Crippen LogP contribution >= 0.6 is 0 Å². The summed E-state index contributed by atoms with van der Waals surface area (Å²) in [5.74, 6) is -0.670. The van der Waals surface area contributed by atoms with Gasteiger partial charge in [0, 0.05) is 26.1 Å². The van der Waals surface area contributed by atoms with E-state index in [1.165, 1.54) is 51.0 Å². The topological polar surface area (TPSA) is 43.8 Å². The molecule has 0 aliphatic carbocycles. The maximum Gasteiger partial charge on any atom is 0.303 e. The summed E-state index contributed by atoms with van der Waals surface area (Å²) in [6, 6.07) is 10.8. The Bertz CT molecular complexity index is 534. The van der Waals surface area contributed by atoms with E-state index in [1.54, 1.807) is 0 Å². The van der Waals surface area contributed by atoms with Gasteiger partial charge in [-0.3, -0.25) is 9.69 Å². The molecule has 1 N–H and O–H groups in total. The molecule has 1 aromatic carbocycles. The van der Waals surface area contributed by atoms with Gasteiger partial charge in [0.1, 0.15) is 0 Å². The molecule has 2 aliphatic heterocycles. The van der Waals surface area contributed by atoms with Crippen LogP contribution < -0.4 is 0 Å².